The Hall–Kier alpha value is -0.830. The molecule has 0 atom stereocenters. The Morgan fingerprint density at radius 3 is 2.45 bits per heavy atom. The van der Waals surface area contributed by atoms with Crippen LogP contribution in [0.2, 0.25) is 0 Å². The van der Waals surface area contributed by atoms with Gasteiger partial charge in [-0.1, -0.05) is 6.58 Å². The summed E-state index contributed by atoms with van der Waals surface area (Å²) in [6, 6.07) is 0. The Kier molecular flexibility index (Phi) is 3.82. The van der Waals surface area contributed by atoms with Crippen molar-refractivity contribution in [2.24, 2.45) is 0 Å². The van der Waals surface area contributed by atoms with Gasteiger partial charge in [-0.2, -0.15) is 0 Å². The summed E-state index contributed by atoms with van der Waals surface area (Å²) in [5.41, 5.74) is 0. The predicted molar refractivity (Wildman–Crippen MR) is 43.8 cm³/mol. The molecule has 0 aliphatic rings. The van der Waals surface area contributed by atoms with Gasteiger partial charge >= 0.3 is 5.97 Å². The van der Waals surface area contributed by atoms with Gasteiger partial charge in [-0.15, -0.1) is 0 Å². The fourth-order valence-corrected chi connectivity index (χ4v) is 0.579. The summed E-state index contributed by atoms with van der Waals surface area (Å²) >= 11 is 0. The number of carbonyl (C=O) groups excluding carboxylic acids is 1. The van der Waals surface area contributed by atoms with Gasteiger partial charge in [0.2, 0.25) is 0 Å². The third kappa shape index (κ3) is 7.06. The zero-order chi connectivity index (χ0) is 8.91. The van der Waals surface area contributed by atoms with Crippen molar-refractivity contribution in [1.82, 2.24) is 0 Å². The normalized spacial score (nSPS) is 10.8. The van der Waals surface area contributed by atoms with Gasteiger partial charge in [0.25, 0.3) is 0 Å². The van der Waals surface area contributed by atoms with Crippen LogP contribution in [0, 0.1) is 0 Å². The van der Waals surface area contributed by atoms with Crippen LogP contribution < -0.4 is 0 Å². The summed E-state index contributed by atoms with van der Waals surface area (Å²) < 4.78 is 5.32. The van der Waals surface area contributed by atoms with Crippen LogP contribution >= 0.6 is 0 Å². The third-order valence-electron chi connectivity index (χ3n) is 1.20. The van der Waals surface area contributed by atoms with Crippen molar-refractivity contribution in [2.45, 2.75) is 6.42 Å². The minimum absolute atomic E-state index is 0.215. The molecule has 11 heavy (non-hydrogen) atoms. The molecule has 0 aromatic heterocycles. The SMILES string of the molecule is C=COC(=O)CC[N+](C)(C)C. The first-order valence-corrected chi connectivity index (χ1v) is 3.56. The van der Waals surface area contributed by atoms with E-state index in [1.807, 2.05) is 21.1 Å². The largest absolute Gasteiger partial charge is 0.435 e. The second-order valence-electron chi connectivity index (χ2n) is 3.42. The lowest BCUT2D eigenvalue weighted by molar-refractivity contribution is -0.869. The van der Waals surface area contributed by atoms with Crippen LogP contribution in [0.15, 0.2) is 12.8 Å². The second-order valence-corrected chi connectivity index (χ2v) is 3.42. The first kappa shape index (κ1) is 10.2. The maximum Gasteiger partial charge on any atom is 0.316 e. The lowest BCUT2D eigenvalue weighted by Gasteiger charge is -2.22. The van der Waals surface area contributed by atoms with E-state index >= 15 is 0 Å². The molecule has 0 N–H and O–H groups in total. The van der Waals surface area contributed by atoms with Crippen LogP contribution in [-0.4, -0.2) is 38.1 Å². The molecular weight excluding hydrogens is 142 g/mol. The highest BCUT2D eigenvalue weighted by molar-refractivity contribution is 5.69. The summed E-state index contributed by atoms with van der Waals surface area (Å²) in [6.45, 7) is 4.08. The van der Waals surface area contributed by atoms with Gasteiger partial charge in [0.1, 0.15) is 0 Å². The van der Waals surface area contributed by atoms with Gasteiger partial charge < -0.3 is 9.22 Å². The molecule has 0 unspecified atom stereocenters. The second kappa shape index (κ2) is 4.13. The Balaban J connectivity index is 3.54. The molecule has 0 aromatic rings. The number of nitrogens with zero attached hydrogens (tertiary/aromatic N) is 1. The lowest BCUT2D eigenvalue weighted by atomic mass is 10.4. The van der Waals surface area contributed by atoms with Crippen molar-refractivity contribution in [1.29, 1.82) is 0 Å². The lowest BCUT2D eigenvalue weighted by Crippen LogP contribution is -2.36. The van der Waals surface area contributed by atoms with Crippen molar-refractivity contribution in [3.8, 4) is 0 Å². The highest BCUT2D eigenvalue weighted by Gasteiger charge is 2.10. The number of ether oxygens (including phenoxy) is 1. The molecule has 0 bridgehead atoms. The van der Waals surface area contributed by atoms with Crippen molar-refractivity contribution in [3.05, 3.63) is 12.8 Å². The molecule has 0 aromatic carbocycles. The van der Waals surface area contributed by atoms with Crippen molar-refractivity contribution in [2.75, 3.05) is 27.7 Å². The van der Waals surface area contributed by atoms with E-state index in [1.165, 1.54) is 0 Å². The zero-order valence-corrected chi connectivity index (χ0v) is 7.46. The summed E-state index contributed by atoms with van der Waals surface area (Å²) in [5.74, 6) is -0.215. The molecule has 0 radical (unpaired) electrons. The number of quaternary nitrogens is 1. The fourth-order valence-electron chi connectivity index (χ4n) is 0.579. The van der Waals surface area contributed by atoms with Gasteiger partial charge in [0.15, 0.2) is 0 Å². The predicted octanol–water partition coefficient (Wildman–Crippen LogP) is 0.769. The van der Waals surface area contributed by atoms with E-state index in [2.05, 4.69) is 11.3 Å². The molecule has 3 nitrogen and oxygen atoms in total. The van der Waals surface area contributed by atoms with Gasteiger partial charge in [0, 0.05) is 0 Å². The number of esters is 1. The number of rotatable bonds is 4. The quantitative estimate of drug-likeness (QED) is 0.343. The molecule has 0 aliphatic carbocycles. The van der Waals surface area contributed by atoms with E-state index in [0.29, 0.717) is 6.42 Å². The minimum atomic E-state index is -0.215. The van der Waals surface area contributed by atoms with E-state index < -0.39 is 0 Å². The van der Waals surface area contributed by atoms with E-state index in [1.54, 1.807) is 0 Å². The molecule has 0 saturated carbocycles. The first-order valence-electron chi connectivity index (χ1n) is 3.56. The van der Waals surface area contributed by atoms with Crippen LogP contribution in [-0.2, 0) is 9.53 Å². The molecular formula is C8H16NO2+. The first-order chi connectivity index (χ1) is 4.95. The van der Waals surface area contributed by atoms with Gasteiger partial charge in [-0.05, 0) is 0 Å². The van der Waals surface area contributed by atoms with Crippen LogP contribution in [0.25, 0.3) is 0 Å². The third-order valence-corrected chi connectivity index (χ3v) is 1.20. The van der Waals surface area contributed by atoms with Crippen LogP contribution in [0.3, 0.4) is 0 Å². The Morgan fingerprint density at radius 2 is 2.09 bits per heavy atom. The minimum Gasteiger partial charge on any atom is -0.435 e. The molecule has 64 valence electrons. The molecule has 0 saturated heterocycles. The van der Waals surface area contributed by atoms with Crippen LogP contribution in [0.5, 0.6) is 0 Å². The smallest absolute Gasteiger partial charge is 0.316 e. The molecule has 0 spiro atoms. The average Bonchev–Trinajstić information content (AvgIpc) is 1.83. The molecule has 0 rings (SSSR count). The summed E-state index contributed by atoms with van der Waals surface area (Å²) in [7, 11) is 6.09. The molecule has 0 fully saturated rings. The number of hydrogen-bond donors (Lipinski definition) is 0. The monoisotopic (exact) mass is 158 g/mol. The van der Waals surface area contributed by atoms with Crippen molar-refractivity contribution >= 4 is 5.97 Å². The summed E-state index contributed by atoms with van der Waals surface area (Å²) in [4.78, 5) is 10.8. The van der Waals surface area contributed by atoms with E-state index in [-0.39, 0.29) is 5.97 Å². The molecule has 0 heterocycles. The maximum absolute atomic E-state index is 10.8. The van der Waals surface area contributed by atoms with Gasteiger partial charge in [-0.3, -0.25) is 4.79 Å². The molecule has 0 aliphatic heterocycles. The van der Waals surface area contributed by atoms with E-state index in [0.717, 1.165) is 17.3 Å². The summed E-state index contributed by atoms with van der Waals surface area (Å²) in [6.07, 6.45) is 1.60. The topological polar surface area (TPSA) is 26.3 Å². The van der Waals surface area contributed by atoms with Crippen LogP contribution in [0.1, 0.15) is 6.42 Å². The zero-order valence-electron chi connectivity index (χ0n) is 7.46. The number of hydrogen-bond acceptors (Lipinski definition) is 2. The van der Waals surface area contributed by atoms with Gasteiger partial charge in [-0.25, -0.2) is 0 Å². The van der Waals surface area contributed by atoms with E-state index in [4.69, 9.17) is 0 Å². The summed E-state index contributed by atoms with van der Waals surface area (Å²) in [5, 5.41) is 0. The Bertz CT molecular complexity index is 147. The maximum atomic E-state index is 10.8. The van der Waals surface area contributed by atoms with Crippen LogP contribution in [0.4, 0.5) is 0 Å². The fraction of sp³-hybridized carbons (Fsp3) is 0.625. The van der Waals surface area contributed by atoms with Crippen molar-refractivity contribution < 1.29 is 14.0 Å². The molecule has 3 heteroatoms. The Labute approximate surface area is 67.8 Å². The standard InChI is InChI=1S/C8H16NO2/c1-5-11-8(10)6-7-9(2,3)4/h5H,1,6-7H2,2-4H3/q+1. The highest BCUT2D eigenvalue weighted by atomic mass is 16.5. The van der Waals surface area contributed by atoms with Gasteiger partial charge in [0.05, 0.1) is 40.4 Å². The molecule has 0 amide bonds. The van der Waals surface area contributed by atoms with Crippen molar-refractivity contribution in [3.63, 3.8) is 0 Å². The Morgan fingerprint density at radius 1 is 1.55 bits per heavy atom. The average molecular weight is 158 g/mol. The highest BCUT2D eigenvalue weighted by Crippen LogP contribution is 1.95. The number of carbonyl (C=O) groups is 1. The van der Waals surface area contributed by atoms with E-state index in [9.17, 15) is 4.79 Å².